The maximum Gasteiger partial charge on any atom is 0.203 e. The fourth-order valence-electron chi connectivity index (χ4n) is 2.82. The summed E-state index contributed by atoms with van der Waals surface area (Å²) < 4.78 is 5.74. The van der Waals surface area contributed by atoms with E-state index in [4.69, 9.17) is 4.74 Å². The number of carbonyl (C=O) groups is 1. The molecule has 0 N–H and O–H groups in total. The second-order valence-corrected chi connectivity index (χ2v) is 5.01. The van der Waals surface area contributed by atoms with Crippen molar-refractivity contribution in [3.63, 3.8) is 0 Å². The lowest BCUT2D eigenvalue weighted by molar-refractivity contribution is -0.0151. The van der Waals surface area contributed by atoms with E-state index in [1.165, 1.54) is 0 Å². The molecule has 17 heavy (non-hydrogen) atoms. The molecule has 2 bridgehead atoms. The van der Waals surface area contributed by atoms with Gasteiger partial charge in [0.1, 0.15) is 0 Å². The molecule has 2 unspecified atom stereocenters. The van der Waals surface area contributed by atoms with Gasteiger partial charge in [0.05, 0.1) is 12.2 Å². The Kier molecular flexibility index (Phi) is 2.67. The van der Waals surface area contributed by atoms with E-state index >= 15 is 0 Å². The summed E-state index contributed by atoms with van der Waals surface area (Å²) in [5, 5.41) is 0. The van der Waals surface area contributed by atoms with Gasteiger partial charge in [0, 0.05) is 17.8 Å². The summed E-state index contributed by atoms with van der Waals surface area (Å²) in [5.74, 6) is 0.522. The number of Topliss-reactive ketones (excluding diaryl/α,β-unsaturated/α-hetero) is 1. The van der Waals surface area contributed by atoms with Crippen molar-refractivity contribution in [2.24, 2.45) is 5.92 Å². The van der Waals surface area contributed by atoms with Crippen LogP contribution < -0.4 is 0 Å². The summed E-state index contributed by atoms with van der Waals surface area (Å²) >= 11 is 0. The second kappa shape index (κ2) is 4.18. The van der Waals surface area contributed by atoms with E-state index < -0.39 is 0 Å². The van der Waals surface area contributed by atoms with Gasteiger partial charge in [0.25, 0.3) is 0 Å². The summed E-state index contributed by atoms with van der Waals surface area (Å²) in [6.07, 6.45) is 6.11. The second-order valence-electron chi connectivity index (χ2n) is 5.01. The number of fused-ring (bicyclic) bond motifs is 2. The lowest BCUT2D eigenvalue weighted by atomic mass is 9.91. The molecule has 0 radical (unpaired) electrons. The predicted molar refractivity (Wildman–Crippen MR) is 61.7 cm³/mol. The maximum absolute atomic E-state index is 12.3. The standard InChI is InChI=1S/C13H16N2O2/c1-8-4-5-14-13(15-8)12(16)9-6-10-2-3-11(7-9)17-10/h4-5,9-11H,2-3,6-7H2,1H3. The van der Waals surface area contributed by atoms with Gasteiger partial charge in [-0.05, 0) is 38.7 Å². The molecule has 2 aliphatic rings. The van der Waals surface area contributed by atoms with Crippen LogP contribution in [0.5, 0.6) is 0 Å². The Bertz CT molecular complexity index is 435. The molecule has 1 aromatic rings. The van der Waals surface area contributed by atoms with Crippen LogP contribution in [-0.4, -0.2) is 28.0 Å². The predicted octanol–water partition coefficient (Wildman–Crippen LogP) is 1.93. The monoisotopic (exact) mass is 232 g/mol. The zero-order chi connectivity index (χ0) is 11.8. The lowest BCUT2D eigenvalue weighted by Gasteiger charge is -2.26. The van der Waals surface area contributed by atoms with Crippen molar-refractivity contribution in [1.82, 2.24) is 9.97 Å². The molecule has 3 heterocycles. The molecule has 3 rings (SSSR count). The Hall–Kier alpha value is -1.29. The Morgan fingerprint density at radius 1 is 1.35 bits per heavy atom. The van der Waals surface area contributed by atoms with Crippen molar-refractivity contribution in [3.05, 3.63) is 23.8 Å². The fourth-order valence-corrected chi connectivity index (χ4v) is 2.82. The van der Waals surface area contributed by atoms with Gasteiger partial charge >= 0.3 is 0 Å². The minimum absolute atomic E-state index is 0.0584. The van der Waals surface area contributed by atoms with Crippen LogP contribution in [0.3, 0.4) is 0 Å². The number of ether oxygens (including phenoxy) is 1. The molecule has 0 aliphatic carbocycles. The van der Waals surface area contributed by atoms with Gasteiger partial charge in [-0.1, -0.05) is 0 Å². The van der Waals surface area contributed by atoms with Gasteiger partial charge in [0.15, 0.2) is 5.82 Å². The number of aryl methyl sites for hydroxylation is 1. The number of nitrogens with zero attached hydrogens (tertiary/aromatic N) is 2. The molecule has 0 spiro atoms. The molecule has 4 heteroatoms. The highest BCUT2D eigenvalue weighted by Crippen LogP contribution is 2.36. The van der Waals surface area contributed by atoms with Gasteiger partial charge in [-0.15, -0.1) is 0 Å². The summed E-state index contributed by atoms with van der Waals surface area (Å²) in [6, 6.07) is 1.81. The summed E-state index contributed by atoms with van der Waals surface area (Å²) in [7, 11) is 0. The Morgan fingerprint density at radius 3 is 2.71 bits per heavy atom. The molecule has 90 valence electrons. The molecular formula is C13H16N2O2. The first-order valence-electron chi connectivity index (χ1n) is 6.21. The molecule has 2 fully saturated rings. The minimum Gasteiger partial charge on any atom is -0.375 e. The van der Waals surface area contributed by atoms with Gasteiger partial charge in [-0.2, -0.15) is 0 Å². The van der Waals surface area contributed by atoms with Gasteiger partial charge in [-0.3, -0.25) is 4.79 Å². The number of rotatable bonds is 2. The van der Waals surface area contributed by atoms with Crippen molar-refractivity contribution in [2.75, 3.05) is 0 Å². The molecule has 2 aliphatic heterocycles. The van der Waals surface area contributed by atoms with Crippen LogP contribution in [-0.2, 0) is 4.74 Å². The van der Waals surface area contributed by atoms with Crippen molar-refractivity contribution >= 4 is 5.78 Å². The van der Waals surface area contributed by atoms with Crippen LogP contribution in [0.15, 0.2) is 12.3 Å². The van der Waals surface area contributed by atoms with Gasteiger partial charge in [-0.25, -0.2) is 9.97 Å². The third-order valence-electron chi connectivity index (χ3n) is 3.68. The van der Waals surface area contributed by atoms with E-state index in [1.807, 2.05) is 13.0 Å². The van der Waals surface area contributed by atoms with E-state index in [1.54, 1.807) is 6.20 Å². The van der Waals surface area contributed by atoms with Crippen LogP contribution in [0.1, 0.15) is 42.0 Å². The Balaban J connectivity index is 1.78. The van der Waals surface area contributed by atoms with Crippen LogP contribution in [0.4, 0.5) is 0 Å². The van der Waals surface area contributed by atoms with Crippen LogP contribution >= 0.6 is 0 Å². The first-order chi connectivity index (χ1) is 8.22. The number of carbonyl (C=O) groups excluding carboxylic acids is 1. The van der Waals surface area contributed by atoms with Crippen molar-refractivity contribution < 1.29 is 9.53 Å². The fraction of sp³-hybridized carbons (Fsp3) is 0.615. The Morgan fingerprint density at radius 2 is 2.06 bits per heavy atom. The third-order valence-corrected chi connectivity index (χ3v) is 3.68. The molecule has 0 saturated carbocycles. The normalized spacial score (nSPS) is 31.5. The van der Waals surface area contributed by atoms with E-state index in [9.17, 15) is 4.79 Å². The molecule has 0 aromatic carbocycles. The lowest BCUT2D eigenvalue weighted by Crippen LogP contribution is -2.30. The van der Waals surface area contributed by atoms with Crippen molar-refractivity contribution in [2.45, 2.75) is 44.8 Å². The van der Waals surface area contributed by atoms with Crippen LogP contribution in [0, 0.1) is 12.8 Å². The summed E-state index contributed by atoms with van der Waals surface area (Å²) in [4.78, 5) is 20.6. The van der Waals surface area contributed by atoms with E-state index in [-0.39, 0.29) is 23.9 Å². The van der Waals surface area contributed by atoms with E-state index in [0.717, 1.165) is 31.4 Å². The highest BCUT2D eigenvalue weighted by Gasteiger charge is 2.38. The number of hydrogen-bond donors (Lipinski definition) is 0. The maximum atomic E-state index is 12.3. The molecular weight excluding hydrogens is 216 g/mol. The highest BCUT2D eigenvalue weighted by molar-refractivity contribution is 5.94. The smallest absolute Gasteiger partial charge is 0.203 e. The minimum atomic E-state index is 0.0584. The highest BCUT2D eigenvalue weighted by atomic mass is 16.5. The molecule has 4 nitrogen and oxygen atoms in total. The largest absolute Gasteiger partial charge is 0.375 e. The Labute approximate surface area is 100 Å². The van der Waals surface area contributed by atoms with E-state index in [2.05, 4.69) is 9.97 Å². The number of aromatic nitrogens is 2. The first-order valence-corrected chi connectivity index (χ1v) is 6.21. The zero-order valence-electron chi connectivity index (χ0n) is 9.93. The topological polar surface area (TPSA) is 52.1 Å². The summed E-state index contributed by atoms with van der Waals surface area (Å²) in [6.45, 7) is 1.88. The van der Waals surface area contributed by atoms with Crippen molar-refractivity contribution in [1.29, 1.82) is 0 Å². The molecule has 2 atom stereocenters. The molecule has 1 aromatic heterocycles. The first kappa shape index (κ1) is 10.8. The van der Waals surface area contributed by atoms with Gasteiger partial charge in [0.2, 0.25) is 5.78 Å². The molecule has 0 amide bonds. The number of ketones is 1. The average molecular weight is 232 g/mol. The van der Waals surface area contributed by atoms with E-state index in [0.29, 0.717) is 5.82 Å². The SMILES string of the molecule is Cc1ccnc(C(=O)C2CC3CCC(C2)O3)n1. The quantitative estimate of drug-likeness (QED) is 0.731. The summed E-state index contributed by atoms with van der Waals surface area (Å²) in [5.41, 5.74) is 0.846. The molecule has 2 saturated heterocycles. The third kappa shape index (κ3) is 2.09. The average Bonchev–Trinajstić information content (AvgIpc) is 2.67. The zero-order valence-corrected chi connectivity index (χ0v) is 9.93. The van der Waals surface area contributed by atoms with Gasteiger partial charge < -0.3 is 4.74 Å². The van der Waals surface area contributed by atoms with Crippen LogP contribution in [0.25, 0.3) is 0 Å². The number of hydrogen-bond acceptors (Lipinski definition) is 4. The van der Waals surface area contributed by atoms with Crippen LogP contribution in [0.2, 0.25) is 0 Å². The van der Waals surface area contributed by atoms with Crippen molar-refractivity contribution in [3.8, 4) is 0 Å².